The molecule has 0 saturated heterocycles. The second-order valence-electron chi connectivity index (χ2n) is 6.59. The van der Waals surface area contributed by atoms with Crippen molar-refractivity contribution >= 4 is 11.9 Å². The number of rotatable bonds is 4. The average Bonchev–Trinajstić information content (AvgIpc) is 2.62. The molecular weight excluding hydrogens is 314 g/mol. The van der Waals surface area contributed by atoms with Crippen molar-refractivity contribution in [2.75, 3.05) is 6.61 Å². The van der Waals surface area contributed by atoms with Crippen molar-refractivity contribution in [2.24, 2.45) is 0 Å². The Balaban J connectivity index is 1.57. The molecule has 1 atom stereocenters. The molecule has 1 amide bonds. The summed E-state index contributed by atoms with van der Waals surface area (Å²) in [5.74, 6) is -0.735. The molecule has 3 rings (SSSR count). The lowest BCUT2D eigenvalue weighted by atomic mass is 9.88. The first-order valence-electron chi connectivity index (χ1n) is 8.66. The molecule has 0 unspecified atom stereocenters. The summed E-state index contributed by atoms with van der Waals surface area (Å²) in [6, 6.07) is 13.6. The van der Waals surface area contributed by atoms with Crippen LogP contribution in [-0.4, -0.2) is 18.5 Å². The molecule has 0 radical (unpaired) electrons. The van der Waals surface area contributed by atoms with Crippen LogP contribution in [0.1, 0.15) is 51.5 Å². The molecule has 4 nitrogen and oxygen atoms in total. The second kappa shape index (κ2) is 7.51. The van der Waals surface area contributed by atoms with Gasteiger partial charge in [-0.15, -0.1) is 0 Å². The van der Waals surface area contributed by atoms with Gasteiger partial charge in [-0.1, -0.05) is 30.3 Å². The Hall–Kier alpha value is -2.62. The normalized spacial score (nSPS) is 16.0. The molecule has 0 heterocycles. The summed E-state index contributed by atoms with van der Waals surface area (Å²) in [7, 11) is 0. The number of ether oxygens (including phenoxy) is 1. The summed E-state index contributed by atoms with van der Waals surface area (Å²) < 4.78 is 5.16. The highest BCUT2D eigenvalue weighted by molar-refractivity contribution is 5.91. The van der Waals surface area contributed by atoms with Crippen molar-refractivity contribution < 1.29 is 14.3 Å². The van der Waals surface area contributed by atoms with E-state index in [4.69, 9.17) is 4.74 Å². The molecule has 0 aliphatic heterocycles. The van der Waals surface area contributed by atoms with Crippen LogP contribution < -0.4 is 5.32 Å². The zero-order valence-corrected chi connectivity index (χ0v) is 14.7. The molecule has 1 aliphatic rings. The minimum absolute atomic E-state index is 0.00206. The topological polar surface area (TPSA) is 55.4 Å². The number of fused-ring (bicyclic) bond motifs is 1. The monoisotopic (exact) mass is 337 g/mol. The third-order valence-electron chi connectivity index (χ3n) is 4.78. The van der Waals surface area contributed by atoms with Gasteiger partial charge in [0, 0.05) is 0 Å². The molecule has 4 heteroatoms. The van der Waals surface area contributed by atoms with E-state index in [1.165, 1.54) is 11.1 Å². The Morgan fingerprint density at radius 2 is 1.92 bits per heavy atom. The Bertz CT molecular complexity index is 797. The fraction of sp³-hybridized carbons (Fsp3) is 0.333. The van der Waals surface area contributed by atoms with E-state index in [2.05, 4.69) is 17.4 Å². The van der Waals surface area contributed by atoms with Gasteiger partial charge in [-0.25, -0.2) is 4.79 Å². The van der Waals surface area contributed by atoms with E-state index in [9.17, 15) is 9.59 Å². The third-order valence-corrected chi connectivity index (χ3v) is 4.78. The number of esters is 1. The van der Waals surface area contributed by atoms with Gasteiger partial charge >= 0.3 is 5.97 Å². The molecule has 1 N–H and O–H groups in total. The van der Waals surface area contributed by atoms with E-state index in [1.54, 1.807) is 12.1 Å². The second-order valence-corrected chi connectivity index (χ2v) is 6.59. The fourth-order valence-electron chi connectivity index (χ4n) is 3.22. The van der Waals surface area contributed by atoms with E-state index >= 15 is 0 Å². The standard InChI is InChI=1S/C21H23NO3/c1-14-10-11-17(12-15(14)2)21(24)25-13-20(23)22-19-9-5-7-16-6-3-4-8-18(16)19/h3-4,6,8,10-12,19H,5,7,9,13H2,1-2H3,(H,22,23)/t19-/m1/s1. The highest BCUT2D eigenvalue weighted by Gasteiger charge is 2.21. The number of hydrogen-bond donors (Lipinski definition) is 1. The van der Waals surface area contributed by atoms with E-state index in [-0.39, 0.29) is 18.6 Å². The molecule has 2 aromatic carbocycles. The SMILES string of the molecule is Cc1ccc(C(=O)OCC(=O)N[C@@H]2CCCc3ccccc32)cc1C. The van der Waals surface area contributed by atoms with Gasteiger partial charge in [0.05, 0.1) is 11.6 Å². The zero-order valence-electron chi connectivity index (χ0n) is 14.7. The summed E-state index contributed by atoms with van der Waals surface area (Å²) >= 11 is 0. The van der Waals surface area contributed by atoms with Crippen LogP contribution in [0.5, 0.6) is 0 Å². The molecule has 0 spiro atoms. The number of nitrogens with one attached hydrogen (secondary N) is 1. The molecule has 130 valence electrons. The summed E-state index contributed by atoms with van der Waals surface area (Å²) in [5.41, 5.74) is 5.07. The van der Waals surface area contributed by atoms with Crippen LogP contribution in [0.25, 0.3) is 0 Å². The largest absolute Gasteiger partial charge is 0.452 e. The highest BCUT2D eigenvalue weighted by atomic mass is 16.5. The number of amides is 1. The number of carbonyl (C=O) groups excluding carboxylic acids is 2. The maximum absolute atomic E-state index is 12.2. The van der Waals surface area contributed by atoms with Crippen molar-refractivity contribution in [1.82, 2.24) is 5.32 Å². The van der Waals surface area contributed by atoms with Gasteiger partial charge in [0.25, 0.3) is 5.91 Å². The maximum atomic E-state index is 12.2. The van der Waals surface area contributed by atoms with Crippen LogP contribution in [0.4, 0.5) is 0 Å². The van der Waals surface area contributed by atoms with Gasteiger partial charge in [-0.2, -0.15) is 0 Å². The van der Waals surface area contributed by atoms with E-state index in [0.717, 1.165) is 30.4 Å². The van der Waals surface area contributed by atoms with Crippen LogP contribution in [-0.2, 0) is 16.0 Å². The first-order chi connectivity index (χ1) is 12.0. The van der Waals surface area contributed by atoms with Crippen molar-refractivity contribution in [3.05, 3.63) is 70.3 Å². The van der Waals surface area contributed by atoms with E-state index in [1.807, 2.05) is 32.0 Å². The lowest BCUT2D eigenvalue weighted by molar-refractivity contribution is -0.125. The minimum atomic E-state index is -0.470. The predicted octanol–water partition coefficient (Wildman–Crippen LogP) is 3.65. The fourth-order valence-corrected chi connectivity index (χ4v) is 3.22. The number of aryl methyl sites for hydroxylation is 3. The smallest absolute Gasteiger partial charge is 0.338 e. The Morgan fingerprint density at radius 1 is 1.12 bits per heavy atom. The molecule has 0 bridgehead atoms. The van der Waals surface area contributed by atoms with Gasteiger partial charge in [0.1, 0.15) is 0 Å². The number of carbonyl (C=O) groups is 2. The Morgan fingerprint density at radius 3 is 2.72 bits per heavy atom. The van der Waals surface area contributed by atoms with Crippen molar-refractivity contribution in [3.8, 4) is 0 Å². The Kier molecular flexibility index (Phi) is 5.17. The van der Waals surface area contributed by atoms with Crippen molar-refractivity contribution in [1.29, 1.82) is 0 Å². The van der Waals surface area contributed by atoms with Crippen LogP contribution in [0.2, 0.25) is 0 Å². The highest BCUT2D eigenvalue weighted by Crippen LogP contribution is 2.29. The predicted molar refractivity (Wildman–Crippen MR) is 96.5 cm³/mol. The van der Waals surface area contributed by atoms with Crippen LogP contribution >= 0.6 is 0 Å². The molecule has 25 heavy (non-hydrogen) atoms. The van der Waals surface area contributed by atoms with Crippen molar-refractivity contribution in [2.45, 2.75) is 39.2 Å². The summed E-state index contributed by atoms with van der Waals surface area (Å²) in [6.07, 6.45) is 3.00. The van der Waals surface area contributed by atoms with Gasteiger partial charge < -0.3 is 10.1 Å². The van der Waals surface area contributed by atoms with Crippen LogP contribution in [0.15, 0.2) is 42.5 Å². The average molecular weight is 337 g/mol. The molecule has 0 saturated carbocycles. The van der Waals surface area contributed by atoms with Crippen LogP contribution in [0, 0.1) is 13.8 Å². The van der Waals surface area contributed by atoms with E-state index < -0.39 is 5.97 Å². The van der Waals surface area contributed by atoms with Gasteiger partial charge in [0.15, 0.2) is 6.61 Å². The summed E-state index contributed by atoms with van der Waals surface area (Å²) in [4.78, 5) is 24.3. The molecule has 0 aromatic heterocycles. The zero-order chi connectivity index (χ0) is 17.8. The summed E-state index contributed by atoms with van der Waals surface area (Å²) in [5, 5.41) is 2.99. The number of benzene rings is 2. The third kappa shape index (κ3) is 4.08. The Labute approximate surface area is 148 Å². The maximum Gasteiger partial charge on any atom is 0.338 e. The lowest BCUT2D eigenvalue weighted by Gasteiger charge is -2.26. The van der Waals surface area contributed by atoms with Gasteiger partial charge in [-0.05, 0) is 67.5 Å². The molecule has 0 fully saturated rings. The molecule has 2 aromatic rings. The minimum Gasteiger partial charge on any atom is -0.452 e. The summed E-state index contributed by atoms with van der Waals surface area (Å²) in [6.45, 7) is 3.67. The molecular formula is C21H23NO3. The van der Waals surface area contributed by atoms with E-state index in [0.29, 0.717) is 5.56 Å². The lowest BCUT2D eigenvalue weighted by Crippen LogP contribution is -2.34. The van der Waals surface area contributed by atoms with Crippen LogP contribution in [0.3, 0.4) is 0 Å². The van der Waals surface area contributed by atoms with Gasteiger partial charge in [0.2, 0.25) is 0 Å². The first kappa shape index (κ1) is 17.2. The molecule has 1 aliphatic carbocycles. The number of hydrogen-bond acceptors (Lipinski definition) is 3. The quantitative estimate of drug-likeness (QED) is 0.867. The van der Waals surface area contributed by atoms with Crippen molar-refractivity contribution in [3.63, 3.8) is 0 Å². The first-order valence-corrected chi connectivity index (χ1v) is 8.66. The van der Waals surface area contributed by atoms with Gasteiger partial charge in [-0.3, -0.25) is 4.79 Å².